The number of esters is 1. The molecule has 0 bridgehead atoms. The highest BCUT2D eigenvalue weighted by Gasteiger charge is 2.40. The van der Waals surface area contributed by atoms with Crippen molar-refractivity contribution in [1.82, 2.24) is 4.90 Å². The maximum Gasteiger partial charge on any atom is 0.420 e. The molecular weight excluding hydrogens is 418 g/mol. The predicted molar refractivity (Wildman–Crippen MR) is 121 cm³/mol. The molecule has 0 N–H and O–H groups in total. The fourth-order valence-electron chi connectivity index (χ4n) is 2.54. The minimum Gasteiger partial charge on any atom is -0.467 e. The Morgan fingerprint density at radius 2 is 1.42 bits per heavy atom. The first-order valence-corrected chi connectivity index (χ1v) is 11.2. The Bertz CT molecular complexity index is 721. The molecule has 31 heavy (non-hydrogen) atoms. The number of hydrogen-bond acceptors (Lipinski definition) is 7. The van der Waals surface area contributed by atoms with Crippen LogP contribution in [0.5, 0.6) is 0 Å². The summed E-state index contributed by atoms with van der Waals surface area (Å²) in [7, 11) is 1.22. The van der Waals surface area contributed by atoms with Gasteiger partial charge in [0.05, 0.1) is 7.11 Å². The number of imide groups is 1. The van der Waals surface area contributed by atoms with E-state index in [1.807, 2.05) is 31.2 Å². The number of ether oxygens (including phenoxy) is 3. The molecular formula is C23H35NO6S. The van der Waals surface area contributed by atoms with E-state index >= 15 is 0 Å². The second-order valence-electron chi connectivity index (χ2n) is 9.17. The third kappa shape index (κ3) is 10.1. The van der Waals surface area contributed by atoms with Crippen LogP contribution in [0.1, 0.15) is 59.9 Å². The van der Waals surface area contributed by atoms with E-state index < -0.39 is 35.4 Å². The Labute approximate surface area is 189 Å². The summed E-state index contributed by atoms with van der Waals surface area (Å²) in [4.78, 5) is 40.0. The summed E-state index contributed by atoms with van der Waals surface area (Å²) in [5.41, 5.74) is -0.515. The minimum atomic E-state index is -1.15. The number of rotatable bonds is 7. The van der Waals surface area contributed by atoms with Gasteiger partial charge in [-0.2, -0.15) is 4.90 Å². The number of hydrogen-bond donors (Lipinski definition) is 0. The van der Waals surface area contributed by atoms with Crippen molar-refractivity contribution in [1.29, 1.82) is 0 Å². The van der Waals surface area contributed by atoms with Crippen LogP contribution >= 0.6 is 11.8 Å². The molecule has 8 heteroatoms. The van der Waals surface area contributed by atoms with Gasteiger partial charge in [0.25, 0.3) is 0 Å². The van der Waals surface area contributed by atoms with Gasteiger partial charge in [0.15, 0.2) is 0 Å². The van der Waals surface area contributed by atoms with Crippen molar-refractivity contribution in [3.05, 3.63) is 29.8 Å². The first-order chi connectivity index (χ1) is 14.2. The average molecular weight is 454 g/mol. The summed E-state index contributed by atoms with van der Waals surface area (Å²) in [5, 5.41) is 0. The van der Waals surface area contributed by atoms with Crippen molar-refractivity contribution in [2.75, 3.05) is 12.9 Å². The SMILES string of the molecule is COC(=O)[C@@H](CCCSc1ccc(C)cc1)N(C(=O)OC(C)(C)C)C(=O)OC(C)(C)C. The number of aryl methyl sites for hydroxylation is 1. The molecule has 1 aromatic rings. The van der Waals surface area contributed by atoms with E-state index in [1.165, 1.54) is 12.7 Å². The number of nitrogens with zero attached hydrogens (tertiary/aromatic N) is 1. The largest absolute Gasteiger partial charge is 0.467 e. The van der Waals surface area contributed by atoms with Gasteiger partial charge in [0.2, 0.25) is 0 Å². The Kier molecular flexibility index (Phi) is 9.87. The van der Waals surface area contributed by atoms with Gasteiger partial charge in [0.1, 0.15) is 17.2 Å². The monoisotopic (exact) mass is 453 g/mol. The number of thioether (sulfide) groups is 1. The number of benzene rings is 1. The summed E-state index contributed by atoms with van der Waals surface area (Å²) in [6.45, 7) is 12.1. The smallest absolute Gasteiger partial charge is 0.420 e. The van der Waals surface area contributed by atoms with Gasteiger partial charge < -0.3 is 14.2 Å². The van der Waals surface area contributed by atoms with E-state index in [-0.39, 0.29) is 6.42 Å². The van der Waals surface area contributed by atoms with E-state index in [2.05, 4.69) is 0 Å². The van der Waals surface area contributed by atoms with Gasteiger partial charge in [-0.1, -0.05) is 17.7 Å². The van der Waals surface area contributed by atoms with Gasteiger partial charge >= 0.3 is 18.2 Å². The van der Waals surface area contributed by atoms with E-state index in [1.54, 1.807) is 53.3 Å². The lowest BCUT2D eigenvalue weighted by atomic mass is 10.1. The van der Waals surface area contributed by atoms with Gasteiger partial charge in [-0.25, -0.2) is 14.4 Å². The molecule has 2 amide bonds. The molecule has 0 unspecified atom stereocenters. The van der Waals surface area contributed by atoms with Crippen molar-refractivity contribution < 1.29 is 28.6 Å². The number of methoxy groups -OCH3 is 1. The molecule has 0 aliphatic rings. The molecule has 0 aliphatic carbocycles. The zero-order chi connectivity index (χ0) is 23.8. The van der Waals surface area contributed by atoms with Gasteiger partial charge in [-0.15, -0.1) is 11.8 Å². The first-order valence-electron chi connectivity index (χ1n) is 10.3. The molecule has 0 saturated heterocycles. The van der Waals surface area contributed by atoms with Crippen molar-refractivity contribution in [2.24, 2.45) is 0 Å². The third-order valence-corrected chi connectivity index (χ3v) is 4.98. The fraction of sp³-hybridized carbons (Fsp3) is 0.609. The van der Waals surface area contributed by atoms with Crippen molar-refractivity contribution in [2.45, 2.75) is 83.4 Å². The molecule has 1 aromatic carbocycles. The normalized spacial score (nSPS) is 12.6. The zero-order valence-corrected chi connectivity index (χ0v) is 20.6. The maximum atomic E-state index is 12.8. The van der Waals surface area contributed by atoms with Crippen molar-refractivity contribution >= 4 is 29.9 Å². The lowest BCUT2D eigenvalue weighted by Gasteiger charge is -2.32. The van der Waals surface area contributed by atoms with E-state index in [0.29, 0.717) is 12.2 Å². The van der Waals surface area contributed by atoms with E-state index in [0.717, 1.165) is 9.80 Å². The summed E-state index contributed by atoms with van der Waals surface area (Å²) in [6.07, 6.45) is -1.09. The first kappa shape index (κ1) is 26.8. The summed E-state index contributed by atoms with van der Waals surface area (Å²) in [5.74, 6) is 0.00425. The van der Waals surface area contributed by atoms with Gasteiger partial charge in [-0.3, -0.25) is 0 Å². The molecule has 0 aromatic heterocycles. The van der Waals surface area contributed by atoms with Crippen LogP contribution in [0.3, 0.4) is 0 Å². The quantitative estimate of drug-likeness (QED) is 0.231. The van der Waals surface area contributed by atoms with Crippen LogP contribution < -0.4 is 0 Å². The molecule has 174 valence electrons. The fourth-order valence-corrected chi connectivity index (χ4v) is 3.42. The van der Waals surface area contributed by atoms with Gasteiger partial charge in [0, 0.05) is 4.90 Å². The summed E-state index contributed by atoms with van der Waals surface area (Å²) >= 11 is 1.64. The maximum absolute atomic E-state index is 12.8. The van der Waals surface area contributed by atoms with Gasteiger partial charge in [-0.05, 0) is 79.2 Å². The molecule has 0 spiro atoms. The highest BCUT2D eigenvalue weighted by atomic mass is 32.2. The Hall–Kier alpha value is -2.22. The Morgan fingerprint density at radius 3 is 1.84 bits per heavy atom. The molecule has 0 heterocycles. The van der Waals surface area contributed by atoms with Crippen LogP contribution in [0.4, 0.5) is 9.59 Å². The molecule has 1 rings (SSSR count). The molecule has 7 nitrogen and oxygen atoms in total. The standard InChI is InChI=1S/C23H35NO6S/c1-16-11-13-17(14-12-16)31-15-9-10-18(19(25)28-8)24(20(26)29-22(2,3)4)21(27)30-23(5,6)7/h11-14,18H,9-10,15H2,1-8H3/t18-/m1/s1. The van der Waals surface area contributed by atoms with Crippen LogP contribution in [0.2, 0.25) is 0 Å². The number of amides is 2. The van der Waals surface area contributed by atoms with Crippen LogP contribution in [0.25, 0.3) is 0 Å². The Balaban J connectivity index is 2.98. The van der Waals surface area contributed by atoms with Crippen molar-refractivity contribution in [3.63, 3.8) is 0 Å². The van der Waals surface area contributed by atoms with E-state index in [4.69, 9.17) is 14.2 Å². The third-order valence-electron chi connectivity index (χ3n) is 3.88. The zero-order valence-electron chi connectivity index (χ0n) is 19.8. The molecule has 1 atom stereocenters. The predicted octanol–water partition coefficient (Wildman–Crippen LogP) is 5.58. The van der Waals surface area contributed by atoms with Crippen LogP contribution in [0.15, 0.2) is 29.2 Å². The summed E-state index contributed by atoms with van der Waals surface area (Å²) < 4.78 is 15.6. The number of carbonyl (C=O) groups excluding carboxylic acids is 3. The van der Waals surface area contributed by atoms with Crippen LogP contribution in [-0.2, 0) is 19.0 Å². The highest BCUT2D eigenvalue weighted by Crippen LogP contribution is 2.23. The number of carbonyl (C=O) groups is 3. The molecule has 0 fully saturated rings. The lowest BCUT2D eigenvalue weighted by molar-refractivity contribution is -0.147. The van der Waals surface area contributed by atoms with Crippen LogP contribution in [0, 0.1) is 6.92 Å². The molecule has 0 aliphatic heterocycles. The molecule has 0 radical (unpaired) electrons. The minimum absolute atomic E-state index is 0.226. The molecule has 0 saturated carbocycles. The highest BCUT2D eigenvalue weighted by molar-refractivity contribution is 7.99. The summed E-state index contributed by atoms with van der Waals surface area (Å²) in [6, 6.07) is 6.99. The second-order valence-corrected chi connectivity index (χ2v) is 10.3. The van der Waals surface area contributed by atoms with Crippen LogP contribution in [-0.4, -0.2) is 53.2 Å². The topological polar surface area (TPSA) is 82.1 Å². The lowest BCUT2D eigenvalue weighted by Crippen LogP contribution is -2.52. The second kappa shape index (κ2) is 11.4. The Morgan fingerprint density at radius 1 is 0.935 bits per heavy atom. The van der Waals surface area contributed by atoms with E-state index in [9.17, 15) is 14.4 Å². The van der Waals surface area contributed by atoms with Crippen molar-refractivity contribution in [3.8, 4) is 0 Å². The average Bonchev–Trinajstić information content (AvgIpc) is 2.61.